The maximum Gasteiger partial charge on any atom is 0.187 e. The van der Waals surface area contributed by atoms with Gasteiger partial charge in [0.05, 0.1) is 0 Å². The number of hydrogen-bond donors (Lipinski definition) is 0. The molecule has 0 rings (SSSR count). The molecule has 62 valence electrons. The molecule has 0 aromatic heterocycles. The van der Waals surface area contributed by atoms with Crippen LogP contribution >= 0.6 is 0 Å². The second-order valence-electron chi connectivity index (χ2n) is 4.22. The van der Waals surface area contributed by atoms with Crippen LogP contribution in [-0.2, 0) is 4.43 Å². The van der Waals surface area contributed by atoms with Gasteiger partial charge in [-0.05, 0) is 39.9 Å². The summed E-state index contributed by atoms with van der Waals surface area (Å²) in [4.78, 5) is 0. The molecule has 0 amide bonds. The first-order valence-electron chi connectivity index (χ1n) is 4.47. The summed E-state index contributed by atoms with van der Waals surface area (Å²) in [5, 5.41) is 0. The molecule has 0 saturated heterocycles. The lowest BCUT2D eigenvalue weighted by molar-refractivity contribution is 0.120. The number of hydrogen-bond acceptors (Lipinski definition) is 1. The second-order valence-corrected chi connectivity index (χ2v) is 8.45. The highest BCUT2D eigenvalue weighted by molar-refractivity contribution is 6.71. The fraction of sp³-hybridized carbons (Fsp3) is 1.00. The minimum Gasteiger partial charge on any atom is -0.413 e. The Morgan fingerprint density at radius 2 is 1.90 bits per heavy atom. The van der Waals surface area contributed by atoms with Gasteiger partial charge in [-0.1, -0.05) is 6.90 Å². The molecule has 0 aromatic rings. The summed E-state index contributed by atoms with van der Waals surface area (Å²) in [6, 6.07) is 0.935. The SMILES string of the molecule is [2H]CC[Si](C)(C)OC(C)(C)C. The van der Waals surface area contributed by atoms with E-state index in [1.54, 1.807) is 0 Å². The first kappa shape index (κ1) is 8.28. The van der Waals surface area contributed by atoms with E-state index in [9.17, 15) is 0 Å². The van der Waals surface area contributed by atoms with Gasteiger partial charge < -0.3 is 4.43 Å². The topological polar surface area (TPSA) is 9.23 Å². The van der Waals surface area contributed by atoms with E-state index < -0.39 is 8.32 Å². The zero-order chi connectivity index (χ0) is 9.12. The Morgan fingerprint density at radius 3 is 2.20 bits per heavy atom. The summed E-state index contributed by atoms with van der Waals surface area (Å²) in [5.41, 5.74) is -0.0368. The van der Waals surface area contributed by atoms with Gasteiger partial charge in [-0.25, -0.2) is 0 Å². The molecule has 0 N–H and O–H groups in total. The standard InChI is InChI=1S/C8H20OSi/c1-7-10(5,6)9-8(2,3)4/h7H2,1-6H3/i1D. The van der Waals surface area contributed by atoms with Crippen molar-refractivity contribution in [2.24, 2.45) is 0 Å². The lowest BCUT2D eigenvalue weighted by Crippen LogP contribution is -2.38. The summed E-state index contributed by atoms with van der Waals surface area (Å²) >= 11 is 0. The van der Waals surface area contributed by atoms with Gasteiger partial charge in [-0.15, -0.1) is 0 Å². The van der Waals surface area contributed by atoms with Crippen molar-refractivity contribution in [3.05, 3.63) is 0 Å². The van der Waals surface area contributed by atoms with E-state index in [0.29, 0.717) is 6.90 Å². The maximum absolute atomic E-state index is 7.12. The van der Waals surface area contributed by atoms with Gasteiger partial charge in [0, 0.05) is 6.97 Å². The zero-order valence-corrected chi connectivity index (χ0v) is 8.82. The van der Waals surface area contributed by atoms with Gasteiger partial charge in [0.2, 0.25) is 0 Å². The molecule has 0 aliphatic heterocycles. The number of rotatable bonds is 2. The third-order valence-corrected chi connectivity index (χ3v) is 3.55. The first-order valence-corrected chi connectivity index (χ1v) is 6.88. The van der Waals surface area contributed by atoms with E-state index in [4.69, 9.17) is 5.80 Å². The molecular formula is C8H20OSi. The fourth-order valence-electron chi connectivity index (χ4n) is 0.880. The summed E-state index contributed by atoms with van der Waals surface area (Å²) < 4.78 is 13.0. The summed E-state index contributed by atoms with van der Waals surface area (Å²) in [7, 11) is -1.53. The van der Waals surface area contributed by atoms with Crippen LogP contribution in [0.2, 0.25) is 19.1 Å². The van der Waals surface area contributed by atoms with Crippen molar-refractivity contribution in [3.8, 4) is 0 Å². The van der Waals surface area contributed by atoms with E-state index in [1.165, 1.54) is 0 Å². The average molecular weight is 161 g/mol. The van der Waals surface area contributed by atoms with Crippen molar-refractivity contribution in [1.82, 2.24) is 0 Å². The minimum absolute atomic E-state index is 0.0368. The Hall–Kier alpha value is 0.177. The molecule has 2 heteroatoms. The van der Waals surface area contributed by atoms with E-state index in [0.717, 1.165) is 6.04 Å². The van der Waals surface area contributed by atoms with Gasteiger partial charge in [-0.3, -0.25) is 0 Å². The molecule has 1 nitrogen and oxygen atoms in total. The molecule has 0 aliphatic carbocycles. The van der Waals surface area contributed by atoms with Crippen LogP contribution in [0.15, 0.2) is 0 Å². The Bertz CT molecular complexity index is 118. The van der Waals surface area contributed by atoms with Crippen molar-refractivity contribution in [2.75, 3.05) is 0 Å². The quantitative estimate of drug-likeness (QED) is 0.566. The Balaban J connectivity index is 3.91. The van der Waals surface area contributed by atoms with Gasteiger partial charge in [0.1, 0.15) is 0 Å². The fourth-order valence-corrected chi connectivity index (χ4v) is 2.64. The molecule has 0 radical (unpaired) electrons. The second kappa shape index (κ2) is 3.05. The Morgan fingerprint density at radius 1 is 1.40 bits per heavy atom. The van der Waals surface area contributed by atoms with E-state index in [-0.39, 0.29) is 5.60 Å². The predicted octanol–water partition coefficient (Wildman–Crippen LogP) is 3.03. The summed E-state index contributed by atoms with van der Waals surface area (Å²) in [6.45, 7) is 11.1. The van der Waals surface area contributed by atoms with Crippen molar-refractivity contribution >= 4 is 8.32 Å². The smallest absolute Gasteiger partial charge is 0.187 e. The molecule has 0 bridgehead atoms. The summed E-state index contributed by atoms with van der Waals surface area (Å²) in [5.74, 6) is 0. The van der Waals surface area contributed by atoms with Crippen LogP contribution < -0.4 is 0 Å². The molecule has 0 atom stereocenters. The molecule has 0 aliphatic rings. The lowest BCUT2D eigenvalue weighted by atomic mass is 10.2. The average Bonchev–Trinajstić information content (AvgIpc) is 1.55. The molecule has 0 heterocycles. The van der Waals surface area contributed by atoms with Gasteiger partial charge in [0.25, 0.3) is 0 Å². The zero-order valence-electron chi connectivity index (χ0n) is 8.82. The highest BCUT2D eigenvalue weighted by Crippen LogP contribution is 2.19. The molecule has 0 aromatic carbocycles. The van der Waals surface area contributed by atoms with Crippen LogP contribution in [0.25, 0.3) is 0 Å². The third kappa shape index (κ3) is 5.00. The van der Waals surface area contributed by atoms with Gasteiger partial charge >= 0.3 is 0 Å². The van der Waals surface area contributed by atoms with Crippen LogP contribution in [0, 0.1) is 0 Å². The lowest BCUT2D eigenvalue weighted by Gasteiger charge is -2.31. The highest BCUT2D eigenvalue weighted by atomic mass is 28.4. The third-order valence-electron chi connectivity index (χ3n) is 1.18. The van der Waals surface area contributed by atoms with Crippen molar-refractivity contribution in [2.45, 2.75) is 52.4 Å². The van der Waals surface area contributed by atoms with Crippen LogP contribution in [-0.4, -0.2) is 13.9 Å². The Labute approximate surface area is 67.3 Å². The van der Waals surface area contributed by atoms with E-state index in [2.05, 4.69) is 33.9 Å². The highest BCUT2D eigenvalue weighted by Gasteiger charge is 2.25. The maximum atomic E-state index is 7.12. The van der Waals surface area contributed by atoms with Crippen LogP contribution in [0.3, 0.4) is 0 Å². The monoisotopic (exact) mass is 161 g/mol. The molecule has 0 spiro atoms. The van der Waals surface area contributed by atoms with Crippen LogP contribution in [0.1, 0.15) is 29.0 Å². The van der Waals surface area contributed by atoms with E-state index >= 15 is 0 Å². The minimum atomic E-state index is -1.53. The van der Waals surface area contributed by atoms with Crippen molar-refractivity contribution < 1.29 is 5.80 Å². The summed E-state index contributed by atoms with van der Waals surface area (Å²) in [6.07, 6.45) is 0. The Kier molecular flexibility index (Phi) is 2.53. The van der Waals surface area contributed by atoms with Crippen molar-refractivity contribution in [3.63, 3.8) is 0 Å². The van der Waals surface area contributed by atoms with Gasteiger partial charge in [0.15, 0.2) is 8.32 Å². The largest absolute Gasteiger partial charge is 0.413 e. The molecule has 0 fully saturated rings. The predicted molar refractivity (Wildman–Crippen MR) is 48.8 cm³/mol. The van der Waals surface area contributed by atoms with Gasteiger partial charge in [-0.2, -0.15) is 0 Å². The molecule has 0 saturated carbocycles. The normalized spacial score (nSPS) is 15.1. The van der Waals surface area contributed by atoms with Crippen molar-refractivity contribution in [1.29, 1.82) is 0 Å². The molecule has 0 unspecified atom stereocenters. The molecular weight excluding hydrogens is 140 g/mol. The first-order chi connectivity index (χ1) is 4.77. The van der Waals surface area contributed by atoms with Crippen LogP contribution in [0.5, 0.6) is 0 Å². The van der Waals surface area contributed by atoms with E-state index in [1.807, 2.05) is 0 Å². The van der Waals surface area contributed by atoms with Crippen LogP contribution in [0.4, 0.5) is 0 Å². The molecule has 10 heavy (non-hydrogen) atoms.